The first-order valence-electron chi connectivity index (χ1n) is 8.84. The number of carbonyl (C=O) groups is 1. The van der Waals surface area contributed by atoms with E-state index in [1.807, 2.05) is 12.1 Å². The number of carbonyl (C=O) groups excluding carboxylic acids is 1. The maximum atomic E-state index is 12.1. The topological polar surface area (TPSA) is 53.6 Å². The molecule has 25 heavy (non-hydrogen) atoms. The van der Waals surface area contributed by atoms with Crippen molar-refractivity contribution in [3.05, 3.63) is 29.8 Å². The van der Waals surface area contributed by atoms with Crippen LogP contribution >= 0.6 is 12.4 Å². The molecule has 0 radical (unpaired) electrons. The number of piperazine rings is 1. The van der Waals surface area contributed by atoms with Crippen LogP contribution in [0.3, 0.4) is 0 Å². The summed E-state index contributed by atoms with van der Waals surface area (Å²) in [7, 11) is 0. The van der Waals surface area contributed by atoms with E-state index in [1.54, 1.807) is 6.92 Å². The maximum absolute atomic E-state index is 12.1. The first-order valence-corrected chi connectivity index (χ1v) is 8.84. The standard InChI is InChI=1S/C19H31N3O2.ClH/c1-15(18(23)21-11-14-22-12-9-20-10-13-22)24-17-7-5-16(6-8-17)19(2,3)4;/h5-8,15,20H,9-14H2,1-4H3,(H,21,23);1H. The van der Waals surface area contributed by atoms with Crippen LogP contribution in [0.5, 0.6) is 5.75 Å². The van der Waals surface area contributed by atoms with Gasteiger partial charge in [0, 0.05) is 39.3 Å². The van der Waals surface area contributed by atoms with Crippen molar-refractivity contribution in [1.29, 1.82) is 0 Å². The second-order valence-corrected chi connectivity index (χ2v) is 7.42. The first-order chi connectivity index (χ1) is 11.4. The lowest BCUT2D eigenvalue weighted by Gasteiger charge is -2.27. The molecule has 1 heterocycles. The molecule has 6 heteroatoms. The van der Waals surface area contributed by atoms with Gasteiger partial charge in [-0.3, -0.25) is 9.69 Å². The molecule has 1 aliphatic heterocycles. The number of benzene rings is 1. The van der Waals surface area contributed by atoms with Gasteiger partial charge in [-0.2, -0.15) is 0 Å². The number of nitrogens with one attached hydrogen (secondary N) is 2. The van der Waals surface area contributed by atoms with Gasteiger partial charge in [0.2, 0.25) is 0 Å². The van der Waals surface area contributed by atoms with Crippen LogP contribution in [-0.2, 0) is 10.2 Å². The molecule has 1 aromatic carbocycles. The van der Waals surface area contributed by atoms with E-state index in [0.29, 0.717) is 6.54 Å². The third-order valence-corrected chi connectivity index (χ3v) is 4.34. The lowest BCUT2D eigenvalue weighted by Crippen LogP contribution is -2.47. The Morgan fingerprint density at radius 2 is 1.84 bits per heavy atom. The second kappa shape index (κ2) is 10.00. The second-order valence-electron chi connectivity index (χ2n) is 7.42. The van der Waals surface area contributed by atoms with Crippen molar-refractivity contribution in [3.8, 4) is 5.75 Å². The van der Waals surface area contributed by atoms with E-state index >= 15 is 0 Å². The highest BCUT2D eigenvalue weighted by atomic mass is 35.5. The van der Waals surface area contributed by atoms with Crippen LogP contribution in [0, 0.1) is 0 Å². The predicted molar refractivity (Wildman–Crippen MR) is 105 cm³/mol. The highest BCUT2D eigenvalue weighted by molar-refractivity contribution is 5.85. The summed E-state index contributed by atoms with van der Waals surface area (Å²) in [6, 6.07) is 7.99. The fraction of sp³-hybridized carbons (Fsp3) is 0.632. The van der Waals surface area contributed by atoms with Gasteiger partial charge in [-0.05, 0) is 30.0 Å². The smallest absolute Gasteiger partial charge is 0.260 e. The number of hydrogen-bond acceptors (Lipinski definition) is 4. The van der Waals surface area contributed by atoms with E-state index in [9.17, 15) is 4.79 Å². The highest BCUT2D eigenvalue weighted by Gasteiger charge is 2.17. The molecule has 1 fully saturated rings. The summed E-state index contributed by atoms with van der Waals surface area (Å²) in [5.41, 5.74) is 1.37. The Kier molecular flexibility index (Phi) is 8.69. The van der Waals surface area contributed by atoms with Gasteiger partial charge >= 0.3 is 0 Å². The van der Waals surface area contributed by atoms with Crippen LogP contribution in [0.15, 0.2) is 24.3 Å². The minimum absolute atomic E-state index is 0. The van der Waals surface area contributed by atoms with Gasteiger partial charge in [-0.25, -0.2) is 0 Å². The molecule has 0 aromatic heterocycles. The van der Waals surface area contributed by atoms with Gasteiger partial charge in [0.25, 0.3) is 5.91 Å². The average molecular weight is 370 g/mol. The molecule has 1 unspecified atom stereocenters. The van der Waals surface area contributed by atoms with Gasteiger partial charge in [0.1, 0.15) is 5.75 Å². The van der Waals surface area contributed by atoms with Gasteiger partial charge in [-0.1, -0.05) is 32.9 Å². The van der Waals surface area contributed by atoms with E-state index in [2.05, 4.69) is 48.4 Å². The maximum Gasteiger partial charge on any atom is 0.260 e. The van der Waals surface area contributed by atoms with Crippen molar-refractivity contribution in [2.45, 2.75) is 39.2 Å². The highest BCUT2D eigenvalue weighted by Crippen LogP contribution is 2.24. The summed E-state index contributed by atoms with van der Waals surface area (Å²) in [5.74, 6) is 0.665. The summed E-state index contributed by atoms with van der Waals surface area (Å²) < 4.78 is 5.75. The molecule has 0 aliphatic carbocycles. The number of rotatable bonds is 6. The summed E-state index contributed by atoms with van der Waals surface area (Å²) in [5, 5.41) is 6.28. The molecule has 1 atom stereocenters. The molecule has 2 rings (SSSR count). The van der Waals surface area contributed by atoms with Crippen molar-refractivity contribution in [1.82, 2.24) is 15.5 Å². The Balaban J connectivity index is 0.00000312. The molecule has 2 N–H and O–H groups in total. The Hall–Kier alpha value is -1.30. The Morgan fingerprint density at radius 3 is 2.40 bits per heavy atom. The summed E-state index contributed by atoms with van der Waals surface area (Å²) in [4.78, 5) is 14.5. The number of nitrogens with zero attached hydrogens (tertiary/aromatic N) is 1. The largest absolute Gasteiger partial charge is 0.481 e. The molecular formula is C19H32ClN3O2. The van der Waals surface area contributed by atoms with Gasteiger partial charge in [-0.15, -0.1) is 12.4 Å². The van der Waals surface area contributed by atoms with Gasteiger partial charge < -0.3 is 15.4 Å². The van der Waals surface area contributed by atoms with Crippen LogP contribution in [-0.4, -0.2) is 56.2 Å². The van der Waals surface area contributed by atoms with Gasteiger partial charge in [0.05, 0.1) is 0 Å². The zero-order chi connectivity index (χ0) is 17.6. The van der Waals surface area contributed by atoms with Crippen molar-refractivity contribution in [2.75, 3.05) is 39.3 Å². The van der Waals surface area contributed by atoms with E-state index in [0.717, 1.165) is 38.5 Å². The normalized spacial score (nSPS) is 16.6. The molecule has 1 aromatic rings. The molecule has 0 bridgehead atoms. The number of amides is 1. The lowest BCUT2D eigenvalue weighted by atomic mass is 9.87. The van der Waals surface area contributed by atoms with Crippen LogP contribution in [0.1, 0.15) is 33.3 Å². The fourth-order valence-corrected chi connectivity index (χ4v) is 2.71. The molecule has 1 amide bonds. The Morgan fingerprint density at radius 1 is 1.24 bits per heavy atom. The SMILES string of the molecule is CC(Oc1ccc(C(C)(C)C)cc1)C(=O)NCCN1CCNCC1.Cl. The predicted octanol–water partition coefficient (Wildman–Crippen LogP) is 2.19. The van der Waals surface area contributed by atoms with Crippen molar-refractivity contribution in [3.63, 3.8) is 0 Å². The molecule has 0 spiro atoms. The van der Waals surface area contributed by atoms with Crippen LogP contribution in [0.2, 0.25) is 0 Å². The minimum Gasteiger partial charge on any atom is -0.481 e. The van der Waals surface area contributed by atoms with Crippen molar-refractivity contribution < 1.29 is 9.53 Å². The summed E-state index contributed by atoms with van der Waals surface area (Å²) in [6.45, 7) is 14.0. The Bertz CT molecular complexity index is 522. The molecular weight excluding hydrogens is 338 g/mol. The number of ether oxygens (including phenoxy) is 1. The van der Waals surface area contributed by atoms with Crippen LogP contribution in [0.25, 0.3) is 0 Å². The summed E-state index contributed by atoms with van der Waals surface area (Å²) in [6.07, 6.45) is -0.492. The fourth-order valence-electron chi connectivity index (χ4n) is 2.71. The first kappa shape index (κ1) is 21.7. The molecule has 1 saturated heterocycles. The van der Waals surface area contributed by atoms with E-state index in [-0.39, 0.29) is 23.7 Å². The number of halogens is 1. The minimum atomic E-state index is -0.492. The zero-order valence-corrected chi connectivity index (χ0v) is 16.6. The summed E-state index contributed by atoms with van der Waals surface area (Å²) >= 11 is 0. The Labute approximate surface area is 157 Å². The molecule has 142 valence electrons. The van der Waals surface area contributed by atoms with Crippen LogP contribution < -0.4 is 15.4 Å². The third kappa shape index (κ3) is 7.22. The van der Waals surface area contributed by atoms with E-state index in [4.69, 9.17) is 4.74 Å². The zero-order valence-electron chi connectivity index (χ0n) is 15.8. The molecule has 1 aliphatic rings. The molecule has 0 saturated carbocycles. The van der Waals surface area contributed by atoms with Gasteiger partial charge in [0.15, 0.2) is 6.10 Å². The van der Waals surface area contributed by atoms with Crippen LogP contribution in [0.4, 0.5) is 0 Å². The van der Waals surface area contributed by atoms with E-state index < -0.39 is 6.10 Å². The van der Waals surface area contributed by atoms with Crippen molar-refractivity contribution in [2.24, 2.45) is 0 Å². The van der Waals surface area contributed by atoms with E-state index in [1.165, 1.54) is 5.56 Å². The average Bonchev–Trinajstić information content (AvgIpc) is 2.55. The quantitative estimate of drug-likeness (QED) is 0.807. The number of hydrogen-bond donors (Lipinski definition) is 2. The monoisotopic (exact) mass is 369 g/mol. The lowest BCUT2D eigenvalue weighted by molar-refractivity contribution is -0.127. The molecule has 5 nitrogen and oxygen atoms in total. The van der Waals surface area contributed by atoms with Crippen molar-refractivity contribution >= 4 is 18.3 Å². The third-order valence-electron chi connectivity index (χ3n) is 4.34.